The Morgan fingerprint density at radius 1 is 1.11 bits per heavy atom. The predicted octanol–water partition coefficient (Wildman–Crippen LogP) is 3.31. The first kappa shape index (κ1) is 17.2. The summed E-state index contributed by atoms with van der Waals surface area (Å²) in [4.78, 5) is 15.7. The zero-order valence-electron chi connectivity index (χ0n) is 14.9. The molecular weight excluding hydrogens is 370 g/mol. The number of para-hydroxylation sites is 1. The highest BCUT2D eigenvalue weighted by atomic mass is 19.3. The molecule has 2 fully saturated rings. The lowest BCUT2D eigenvalue weighted by molar-refractivity contribution is -0.286. The number of fused-ring (bicyclic) bond motifs is 2. The van der Waals surface area contributed by atoms with Crippen LogP contribution in [-0.2, 0) is 11.3 Å². The first-order chi connectivity index (χ1) is 13.5. The van der Waals surface area contributed by atoms with Crippen molar-refractivity contribution in [2.45, 2.75) is 18.9 Å². The number of benzene rings is 2. The number of cyclic esters (lactones) is 1. The molecule has 0 spiro atoms. The van der Waals surface area contributed by atoms with Gasteiger partial charge in [-0.05, 0) is 23.3 Å². The van der Waals surface area contributed by atoms with Crippen LogP contribution >= 0.6 is 0 Å². The van der Waals surface area contributed by atoms with Crippen LogP contribution in [0.1, 0.15) is 5.56 Å². The molecule has 6 nitrogen and oxygen atoms in total. The predicted molar refractivity (Wildman–Crippen MR) is 95.2 cm³/mol. The lowest BCUT2D eigenvalue weighted by Gasteiger charge is -2.35. The number of carbonyl (C=O) groups is 1. The Morgan fingerprint density at radius 2 is 1.96 bits per heavy atom. The van der Waals surface area contributed by atoms with Gasteiger partial charge in [0, 0.05) is 31.7 Å². The topological polar surface area (TPSA) is 51.2 Å². The Balaban J connectivity index is 1.36. The number of hydrogen-bond acceptors (Lipinski definition) is 5. The Morgan fingerprint density at radius 3 is 2.86 bits per heavy atom. The molecule has 8 heteroatoms. The fraction of sp³-hybridized carbons (Fsp3) is 0.350. The van der Waals surface area contributed by atoms with E-state index in [2.05, 4.69) is 9.64 Å². The fourth-order valence-electron chi connectivity index (χ4n) is 3.99. The van der Waals surface area contributed by atoms with Crippen molar-refractivity contribution in [1.82, 2.24) is 9.80 Å². The monoisotopic (exact) mass is 388 g/mol. The SMILES string of the molecule is O=C1OCC2CN(Cc3cccc(-c4cccc5c4OC(F)(F)O5)c3)CCN12. The third-order valence-corrected chi connectivity index (χ3v) is 5.27. The average molecular weight is 388 g/mol. The molecule has 0 bridgehead atoms. The number of alkyl halides is 2. The zero-order valence-corrected chi connectivity index (χ0v) is 14.9. The molecule has 0 N–H and O–H groups in total. The lowest BCUT2D eigenvalue weighted by Crippen LogP contribution is -2.51. The minimum Gasteiger partial charge on any atom is -0.447 e. The molecular formula is C20H18F2N2O4. The highest BCUT2D eigenvalue weighted by molar-refractivity contribution is 5.75. The maximum absolute atomic E-state index is 13.5. The summed E-state index contributed by atoms with van der Waals surface area (Å²) >= 11 is 0. The number of piperazine rings is 1. The third kappa shape index (κ3) is 3.03. The van der Waals surface area contributed by atoms with Gasteiger partial charge in [0.05, 0.1) is 6.04 Å². The van der Waals surface area contributed by atoms with Gasteiger partial charge in [0.2, 0.25) is 0 Å². The summed E-state index contributed by atoms with van der Waals surface area (Å²) < 4.78 is 41.3. The maximum atomic E-state index is 13.5. The first-order valence-electron chi connectivity index (χ1n) is 9.12. The van der Waals surface area contributed by atoms with Gasteiger partial charge in [-0.25, -0.2) is 4.79 Å². The molecule has 1 atom stereocenters. The Bertz CT molecular complexity index is 936. The molecule has 1 amide bonds. The molecule has 5 rings (SSSR count). The molecule has 0 saturated carbocycles. The van der Waals surface area contributed by atoms with Crippen molar-refractivity contribution in [3.8, 4) is 22.6 Å². The van der Waals surface area contributed by atoms with Crippen molar-refractivity contribution in [2.24, 2.45) is 0 Å². The molecule has 2 saturated heterocycles. The van der Waals surface area contributed by atoms with Crippen LogP contribution in [0.2, 0.25) is 0 Å². The van der Waals surface area contributed by atoms with Gasteiger partial charge in [0.25, 0.3) is 0 Å². The van der Waals surface area contributed by atoms with E-state index in [-0.39, 0.29) is 23.6 Å². The molecule has 3 heterocycles. The van der Waals surface area contributed by atoms with Gasteiger partial charge < -0.3 is 14.2 Å². The molecule has 146 valence electrons. The maximum Gasteiger partial charge on any atom is 0.586 e. The van der Waals surface area contributed by atoms with Crippen molar-refractivity contribution < 1.29 is 27.8 Å². The first-order valence-corrected chi connectivity index (χ1v) is 9.12. The van der Waals surface area contributed by atoms with Gasteiger partial charge in [0.1, 0.15) is 6.61 Å². The molecule has 3 aliphatic rings. The average Bonchev–Trinajstić information content (AvgIpc) is 3.19. The second-order valence-electron chi connectivity index (χ2n) is 7.16. The van der Waals surface area contributed by atoms with E-state index in [1.165, 1.54) is 6.07 Å². The molecule has 2 aromatic carbocycles. The minimum absolute atomic E-state index is 0.0370. The molecule has 1 unspecified atom stereocenters. The van der Waals surface area contributed by atoms with Gasteiger partial charge in [-0.15, -0.1) is 8.78 Å². The van der Waals surface area contributed by atoms with Crippen LogP contribution in [0.15, 0.2) is 42.5 Å². The fourth-order valence-corrected chi connectivity index (χ4v) is 3.99. The second kappa shape index (κ2) is 6.34. The number of ether oxygens (including phenoxy) is 3. The third-order valence-electron chi connectivity index (χ3n) is 5.27. The summed E-state index contributed by atoms with van der Waals surface area (Å²) in [6.07, 6.45) is -3.88. The zero-order chi connectivity index (χ0) is 19.3. The molecule has 0 aliphatic carbocycles. The van der Waals surface area contributed by atoms with E-state index in [1.54, 1.807) is 17.0 Å². The van der Waals surface area contributed by atoms with Crippen LogP contribution in [0, 0.1) is 0 Å². The summed E-state index contributed by atoms with van der Waals surface area (Å²) in [5.41, 5.74) is 2.41. The van der Waals surface area contributed by atoms with E-state index >= 15 is 0 Å². The number of amides is 1. The van der Waals surface area contributed by atoms with Crippen LogP contribution in [0.3, 0.4) is 0 Å². The number of nitrogens with zero attached hydrogens (tertiary/aromatic N) is 2. The van der Waals surface area contributed by atoms with Crippen LogP contribution in [-0.4, -0.2) is 54.5 Å². The Kier molecular flexibility index (Phi) is 3.90. The van der Waals surface area contributed by atoms with Crippen LogP contribution in [0.4, 0.5) is 13.6 Å². The van der Waals surface area contributed by atoms with E-state index in [9.17, 15) is 13.6 Å². The standard InChI is InChI=1S/C20H18F2N2O4/c21-20(22)27-17-6-2-5-16(18(17)28-20)14-4-1-3-13(9-14)10-23-7-8-24-15(11-23)12-26-19(24)25/h1-6,9,15H,7-8,10-12H2. The second-order valence-corrected chi connectivity index (χ2v) is 7.16. The molecule has 3 aliphatic heterocycles. The van der Waals surface area contributed by atoms with Crippen LogP contribution in [0.5, 0.6) is 11.5 Å². The molecule has 0 aromatic heterocycles. The van der Waals surface area contributed by atoms with Gasteiger partial charge in [-0.2, -0.15) is 0 Å². The highest BCUT2D eigenvalue weighted by Gasteiger charge is 2.44. The number of halogens is 2. The number of rotatable bonds is 3. The summed E-state index contributed by atoms with van der Waals surface area (Å²) in [6, 6.07) is 12.7. The van der Waals surface area contributed by atoms with Crippen molar-refractivity contribution >= 4 is 6.09 Å². The summed E-state index contributed by atoms with van der Waals surface area (Å²) in [5, 5.41) is 0. The molecule has 2 aromatic rings. The van der Waals surface area contributed by atoms with Gasteiger partial charge in [0.15, 0.2) is 11.5 Å². The summed E-state index contributed by atoms with van der Waals surface area (Å²) in [6.45, 7) is 3.29. The van der Waals surface area contributed by atoms with Crippen molar-refractivity contribution in [3.63, 3.8) is 0 Å². The quantitative estimate of drug-likeness (QED) is 0.808. The van der Waals surface area contributed by atoms with Crippen molar-refractivity contribution in [1.29, 1.82) is 0 Å². The van der Waals surface area contributed by atoms with E-state index in [0.717, 1.165) is 24.2 Å². The summed E-state index contributed by atoms with van der Waals surface area (Å²) in [5.74, 6) is 0.0924. The van der Waals surface area contributed by atoms with Gasteiger partial charge in [-0.1, -0.05) is 30.3 Å². The number of carbonyl (C=O) groups excluding carboxylic acids is 1. The minimum atomic E-state index is -3.64. The lowest BCUT2D eigenvalue weighted by atomic mass is 10.0. The molecule has 28 heavy (non-hydrogen) atoms. The van der Waals surface area contributed by atoms with Gasteiger partial charge in [-0.3, -0.25) is 9.80 Å². The van der Waals surface area contributed by atoms with Crippen molar-refractivity contribution in [3.05, 3.63) is 48.0 Å². The van der Waals surface area contributed by atoms with Crippen LogP contribution < -0.4 is 9.47 Å². The Hall–Kier alpha value is -2.87. The van der Waals surface area contributed by atoms with Gasteiger partial charge >= 0.3 is 12.4 Å². The van der Waals surface area contributed by atoms with E-state index in [4.69, 9.17) is 9.47 Å². The Labute approximate surface area is 160 Å². The number of hydrogen-bond donors (Lipinski definition) is 0. The van der Waals surface area contributed by atoms with E-state index in [0.29, 0.717) is 25.3 Å². The van der Waals surface area contributed by atoms with E-state index < -0.39 is 6.29 Å². The normalized spacial score (nSPS) is 22.9. The largest absolute Gasteiger partial charge is 0.586 e. The molecule has 0 radical (unpaired) electrons. The smallest absolute Gasteiger partial charge is 0.447 e. The highest BCUT2D eigenvalue weighted by Crippen LogP contribution is 2.47. The van der Waals surface area contributed by atoms with E-state index in [1.807, 2.05) is 24.3 Å². The van der Waals surface area contributed by atoms with Crippen molar-refractivity contribution in [2.75, 3.05) is 26.2 Å². The summed E-state index contributed by atoms with van der Waals surface area (Å²) in [7, 11) is 0. The van der Waals surface area contributed by atoms with Crippen LogP contribution in [0.25, 0.3) is 11.1 Å².